The van der Waals surface area contributed by atoms with Crippen LogP contribution in [-0.2, 0) is 6.54 Å². The summed E-state index contributed by atoms with van der Waals surface area (Å²) in [6.45, 7) is 8.49. The molecule has 2 heterocycles. The summed E-state index contributed by atoms with van der Waals surface area (Å²) >= 11 is 5.18. The molecule has 0 aliphatic rings. The quantitative estimate of drug-likeness (QED) is 0.831. The zero-order valence-corrected chi connectivity index (χ0v) is 14.1. The molecule has 7 heteroatoms. The van der Waals surface area contributed by atoms with Gasteiger partial charge in [-0.25, -0.2) is 0 Å². The van der Waals surface area contributed by atoms with Crippen LogP contribution in [0.25, 0.3) is 0 Å². The lowest BCUT2D eigenvalue weighted by atomic mass is 10.1. The van der Waals surface area contributed by atoms with Crippen molar-refractivity contribution in [2.24, 2.45) is 0 Å². The van der Waals surface area contributed by atoms with Crippen molar-refractivity contribution >= 4 is 18.1 Å². The van der Waals surface area contributed by atoms with E-state index >= 15 is 0 Å². The van der Waals surface area contributed by atoms with Crippen molar-refractivity contribution in [3.63, 3.8) is 0 Å². The Morgan fingerprint density at radius 1 is 1.36 bits per heavy atom. The Morgan fingerprint density at radius 3 is 2.64 bits per heavy atom. The van der Waals surface area contributed by atoms with Gasteiger partial charge in [-0.2, -0.15) is 5.10 Å². The first kappa shape index (κ1) is 16.4. The van der Waals surface area contributed by atoms with Gasteiger partial charge in [0.2, 0.25) is 0 Å². The van der Waals surface area contributed by atoms with E-state index in [0.29, 0.717) is 28.6 Å². The highest BCUT2D eigenvalue weighted by Crippen LogP contribution is 2.12. The van der Waals surface area contributed by atoms with Crippen molar-refractivity contribution < 1.29 is 4.79 Å². The first-order valence-corrected chi connectivity index (χ1v) is 7.71. The van der Waals surface area contributed by atoms with Gasteiger partial charge in [-0.3, -0.25) is 14.9 Å². The van der Waals surface area contributed by atoms with Crippen molar-refractivity contribution in [1.29, 1.82) is 0 Å². The number of hydrogen-bond donors (Lipinski definition) is 2. The molecule has 0 unspecified atom stereocenters. The molecule has 22 heavy (non-hydrogen) atoms. The molecule has 0 saturated carbocycles. The van der Waals surface area contributed by atoms with Gasteiger partial charge in [-0.05, 0) is 44.1 Å². The van der Waals surface area contributed by atoms with Gasteiger partial charge >= 0.3 is 0 Å². The van der Waals surface area contributed by atoms with Crippen molar-refractivity contribution in [3.05, 3.63) is 40.2 Å². The predicted molar refractivity (Wildman–Crippen MR) is 87.3 cm³/mol. The molecule has 2 aromatic heterocycles. The lowest BCUT2D eigenvalue weighted by Crippen LogP contribution is -2.25. The van der Waals surface area contributed by atoms with Crippen LogP contribution in [0.2, 0.25) is 0 Å². The summed E-state index contributed by atoms with van der Waals surface area (Å²) in [6.07, 6.45) is 1.60. The van der Waals surface area contributed by atoms with Crippen molar-refractivity contribution in [2.45, 2.75) is 46.2 Å². The van der Waals surface area contributed by atoms with Crippen molar-refractivity contribution in [1.82, 2.24) is 25.1 Å². The van der Waals surface area contributed by atoms with Crippen LogP contribution in [0.15, 0.2) is 18.3 Å². The highest BCUT2D eigenvalue weighted by atomic mass is 32.1. The Hall–Kier alpha value is -2.02. The summed E-state index contributed by atoms with van der Waals surface area (Å²) in [5.74, 6) is 0.879. The number of rotatable bonds is 5. The zero-order chi connectivity index (χ0) is 16.3. The number of hydrogen-bond acceptors (Lipinski definition) is 4. The first-order valence-electron chi connectivity index (χ1n) is 7.30. The van der Waals surface area contributed by atoms with Crippen LogP contribution in [0, 0.1) is 4.77 Å². The minimum Gasteiger partial charge on any atom is -0.345 e. The summed E-state index contributed by atoms with van der Waals surface area (Å²) < 4.78 is 2.44. The summed E-state index contributed by atoms with van der Waals surface area (Å²) in [6, 6.07) is 3.85. The Labute approximate surface area is 135 Å². The van der Waals surface area contributed by atoms with Gasteiger partial charge in [-0.15, -0.1) is 0 Å². The van der Waals surface area contributed by atoms with Crippen LogP contribution in [0.3, 0.4) is 0 Å². The molecule has 2 rings (SSSR count). The molecule has 118 valence electrons. The third-order valence-electron chi connectivity index (χ3n) is 3.34. The number of nitrogens with zero attached hydrogens (tertiary/aromatic N) is 3. The number of H-pyrrole nitrogens is 1. The minimum absolute atomic E-state index is 0.174. The van der Waals surface area contributed by atoms with Gasteiger partial charge in [0.1, 0.15) is 0 Å². The molecular formula is C15H21N5OS. The molecular weight excluding hydrogens is 298 g/mol. The lowest BCUT2D eigenvalue weighted by Gasteiger charge is -2.11. The van der Waals surface area contributed by atoms with E-state index in [-0.39, 0.29) is 11.9 Å². The molecule has 6 nitrogen and oxygen atoms in total. The third-order valence-corrected chi connectivity index (χ3v) is 3.63. The Morgan fingerprint density at radius 2 is 2.09 bits per heavy atom. The van der Waals surface area contributed by atoms with Crippen molar-refractivity contribution in [2.75, 3.05) is 0 Å². The fraction of sp³-hybridized carbons (Fsp3) is 0.467. The third kappa shape index (κ3) is 3.59. The van der Waals surface area contributed by atoms with Crippen LogP contribution in [0.5, 0.6) is 0 Å². The number of carbonyl (C=O) groups is 1. The molecule has 2 N–H and O–H groups in total. The number of pyridine rings is 1. The highest BCUT2D eigenvalue weighted by molar-refractivity contribution is 7.71. The fourth-order valence-electron chi connectivity index (χ4n) is 2.14. The van der Waals surface area contributed by atoms with Gasteiger partial charge in [-0.1, -0.05) is 13.8 Å². The second-order valence-corrected chi connectivity index (χ2v) is 6.10. The van der Waals surface area contributed by atoms with E-state index in [9.17, 15) is 4.79 Å². The summed E-state index contributed by atoms with van der Waals surface area (Å²) in [4.78, 5) is 16.5. The normalized spacial score (nSPS) is 11.2. The number of aromatic amines is 1. The molecule has 0 spiro atoms. The maximum absolute atomic E-state index is 12.2. The molecule has 0 aliphatic heterocycles. The summed E-state index contributed by atoms with van der Waals surface area (Å²) in [5.41, 5.74) is 1.51. The second kappa shape index (κ2) is 6.83. The maximum atomic E-state index is 12.2. The highest BCUT2D eigenvalue weighted by Gasteiger charge is 2.12. The molecule has 0 radical (unpaired) electrons. The standard InChI is InChI=1S/C15H21N5OS/c1-9(2)12-6-5-11(7-16-12)14(21)17-8-13-18-19-15(22)20(13)10(3)4/h5-7,9-10H,8H2,1-4H3,(H,17,21)(H,19,22). The first-order chi connectivity index (χ1) is 10.4. The number of carbonyl (C=O) groups excluding carboxylic acids is 1. The van der Waals surface area contributed by atoms with E-state index in [1.807, 2.05) is 24.5 Å². The average Bonchev–Trinajstić information content (AvgIpc) is 2.86. The number of amides is 1. The smallest absolute Gasteiger partial charge is 0.253 e. The van der Waals surface area contributed by atoms with Crippen molar-refractivity contribution in [3.8, 4) is 0 Å². The summed E-state index contributed by atoms with van der Waals surface area (Å²) in [5, 5.41) is 9.75. The summed E-state index contributed by atoms with van der Waals surface area (Å²) in [7, 11) is 0. The molecule has 2 aromatic rings. The SMILES string of the molecule is CC(C)c1ccc(C(=O)NCc2n[nH]c(=S)n2C(C)C)cn1. The predicted octanol–water partition coefficient (Wildman–Crippen LogP) is 2.97. The average molecular weight is 319 g/mol. The number of nitrogens with one attached hydrogen (secondary N) is 2. The van der Waals surface area contributed by atoms with Gasteiger partial charge in [0.05, 0.1) is 12.1 Å². The van der Waals surface area contributed by atoms with E-state index in [2.05, 4.69) is 34.3 Å². The van der Waals surface area contributed by atoms with Gasteiger partial charge in [0.25, 0.3) is 5.91 Å². The second-order valence-electron chi connectivity index (χ2n) is 5.72. The van der Waals surface area contributed by atoms with E-state index < -0.39 is 0 Å². The molecule has 0 saturated heterocycles. The Bertz CT molecular complexity index is 699. The molecule has 0 fully saturated rings. The minimum atomic E-state index is -0.174. The van der Waals surface area contributed by atoms with Gasteiger partial charge < -0.3 is 9.88 Å². The topological polar surface area (TPSA) is 75.6 Å². The van der Waals surface area contributed by atoms with Crippen LogP contribution in [-0.4, -0.2) is 25.7 Å². The van der Waals surface area contributed by atoms with Crippen LogP contribution < -0.4 is 5.32 Å². The zero-order valence-electron chi connectivity index (χ0n) is 13.3. The van der Waals surface area contributed by atoms with E-state index in [1.165, 1.54) is 0 Å². The molecule has 1 amide bonds. The van der Waals surface area contributed by atoms with Crippen LogP contribution in [0.4, 0.5) is 0 Å². The Balaban J connectivity index is 2.05. The fourth-order valence-corrected chi connectivity index (χ4v) is 2.50. The lowest BCUT2D eigenvalue weighted by molar-refractivity contribution is 0.0949. The number of aromatic nitrogens is 4. The van der Waals surface area contributed by atoms with Crippen LogP contribution in [0.1, 0.15) is 61.5 Å². The Kier molecular flexibility index (Phi) is 5.07. The largest absolute Gasteiger partial charge is 0.345 e. The molecule has 0 aliphatic carbocycles. The maximum Gasteiger partial charge on any atom is 0.253 e. The van der Waals surface area contributed by atoms with Gasteiger partial charge in [0.15, 0.2) is 10.6 Å². The van der Waals surface area contributed by atoms with Crippen LogP contribution >= 0.6 is 12.2 Å². The van der Waals surface area contributed by atoms with E-state index in [4.69, 9.17) is 12.2 Å². The molecule has 0 bridgehead atoms. The molecule has 0 atom stereocenters. The molecule has 0 aromatic carbocycles. The van der Waals surface area contributed by atoms with E-state index in [0.717, 1.165) is 5.69 Å². The van der Waals surface area contributed by atoms with Gasteiger partial charge in [0, 0.05) is 17.9 Å². The van der Waals surface area contributed by atoms with E-state index in [1.54, 1.807) is 12.3 Å². The monoisotopic (exact) mass is 319 g/mol.